The minimum absolute atomic E-state index is 0.742. The first kappa shape index (κ1) is 11.4. The maximum atomic E-state index is 4.48. The monoisotopic (exact) mass is 219 g/mol. The van der Waals surface area contributed by atoms with Crippen LogP contribution in [-0.4, -0.2) is 24.1 Å². The van der Waals surface area contributed by atoms with Crippen LogP contribution >= 0.6 is 0 Å². The largest absolute Gasteiger partial charge is 0.354 e. The number of rotatable bonds is 6. The topological polar surface area (TPSA) is 28.2 Å². The highest BCUT2D eigenvalue weighted by Gasteiger charge is 2.28. The predicted molar refractivity (Wildman–Crippen MR) is 67.7 cm³/mol. The van der Waals surface area contributed by atoms with Gasteiger partial charge >= 0.3 is 0 Å². The lowest BCUT2D eigenvalue weighted by Gasteiger charge is -2.21. The third-order valence-corrected chi connectivity index (χ3v) is 3.01. The third-order valence-electron chi connectivity index (χ3n) is 3.01. The fourth-order valence-corrected chi connectivity index (χ4v) is 1.99. The summed E-state index contributed by atoms with van der Waals surface area (Å²) in [5, 5.41) is 3.35. The van der Waals surface area contributed by atoms with Crippen molar-refractivity contribution in [1.82, 2.24) is 10.3 Å². The van der Waals surface area contributed by atoms with Gasteiger partial charge in [0, 0.05) is 25.3 Å². The summed E-state index contributed by atoms with van der Waals surface area (Å²) in [6.45, 7) is 7.34. The lowest BCUT2D eigenvalue weighted by molar-refractivity contribution is 0.723. The van der Waals surface area contributed by atoms with E-state index >= 15 is 0 Å². The summed E-state index contributed by atoms with van der Waals surface area (Å²) in [5.74, 6) is 1.14. The molecule has 1 saturated carbocycles. The van der Waals surface area contributed by atoms with E-state index in [4.69, 9.17) is 0 Å². The summed E-state index contributed by atoms with van der Waals surface area (Å²) in [6.07, 6.45) is 4.58. The molecule has 3 nitrogen and oxygen atoms in total. The molecule has 0 unspecified atom stereocenters. The summed E-state index contributed by atoms with van der Waals surface area (Å²) in [7, 11) is 0. The molecule has 1 aliphatic carbocycles. The molecule has 0 atom stereocenters. The molecule has 0 aliphatic heterocycles. The van der Waals surface area contributed by atoms with Gasteiger partial charge in [-0.3, -0.25) is 0 Å². The van der Waals surface area contributed by atoms with Crippen molar-refractivity contribution < 1.29 is 0 Å². The maximum absolute atomic E-state index is 4.48. The highest BCUT2D eigenvalue weighted by atomic mass is 15.2. The molecular formula is C13H21N3. The second-order valence-corrected chi connectivity index (χ2v) is 4.32. The molecule has 88 valence electrons. The molecule has 1 aromatic heterocycles. The van der Waals surface area contributed by atoms with Gasteiger partial charge in [0.2, 0.25) is 0 Å². The average molecular weight is 219 g/mol. The number of nitrogens with zero attached hydrogens (tertiary/aromatic N) is 2. The van der Waals surface area contributed by atoms with E-state index in [0.717, 1.165) is 31.5 Å². The normalized spacial score (nSPS) is 15.1. The van der Waals surface area contributed by atoms with Crippen molar-refractivity contribution >= 4 is 5.82 Å². The SMILES string of the molecule is CCNCc1ccnc(N(CC)C2CC2)c1. The van der Waals surface area contributed by atoms with E-state index in [0.29, 0.717) is 0 Å². The molecular weight excluding hydrogens is 198 g/mol. The van der Waals surface area contributed by atoms with Crippen LogP contribution in [-0.2, 0) is 6.54 Å². The van der Waals surface area contributed by atoms with Crippen molar-refractivity contribution in [2.45, 2.75) is 39.3 Å². The van der Waals surface area contributed by atoms with E-state index in [-0.39, 0.29) is 0 Å². The van der Waals surface area contributed by atoms with Crippen LogP contribution < -0.4 is 10.2 Å². The fraction of sp³-hybridized carbons (Fsp3) is 0.615. The van der Waals surface area contributed by atoms with E-state index < -0.39 is 0 Å². The molecule has 3 heteroatoms. The minimum atomic E-state index is 0.742. The number of aromatic nitrogens is 1. The summed E-state index contributed by atoms with van der Waals surface area (Å²) < 4.78 is 0. The number of nitrogens with one attached hydrogen (secondary N) is 1. The summed E-state index contributed by atoms with van der Waals surface area (Å²) >= 11 is 0. The molecule has 16 heavy (non-hydrogen) atoms. The van der Waals surface area contributed by atoms with Crippen molar-refractivity contribution in [2.24, 2.45) is 0 Å². The van der Waals surface area contributed by atoms with Crippen molar-refractivity contribution in [3.8, 4) is 0 Å². The third kappa shape index (κ3) is 2.73. The van der Waals surface area contributed by atoms with Crippen LogP contribution in [0.1, 0.15) is 32.3 Å². The molecule has 1 aliphatic rings. The van der Waals surface area contributed by atoms with Gasteiger partial charge in [-0.15, -0.1) is 0 Å². The molecule has 0 radical (unpaired) electrons. The summed E-state index contributed by atoms with van der Waals surface area (Å²) in [4.78, 5) is 6.89. The summed E-state index contributed by atoms with van der Waals surface area (Å²) in [5.41, 5.74) is 1.32. The number of hydrogen-bond donors (Lipinski definition) is 1. The van der Waals surface area contributed by atoms with Crippen molar-refractivity contribution in [3.63, 3.8) is 0 Å². The average Bonchev–Trinajstić information content (AvgIpc) is 3.12. The Morgan fingerprint density at radius 3 is 2.88 bits per heavy atom. The van der Waals surface area contributed by atoms with Crippen LogP contribution in [0, 0.1) is 0 Å². The van der Waals surface area contributed by atoms with Gasteiger partial charge in [-0.25, -0.2) is 4.98 Å². The predicted octanol–water partition coefficient (Wildman–Crippen LogP) is 2.18. The minimum Gasteiger partial charge on any atom is -0.354 e. The molecule has 0 amide bonds. The number of anilines is 1. The van der Waals surface area contributed by atoms with Crippen LogP contribution in [0.3, 0.4) is 0 Å². The fourth-order valence-electron chi connectivity index (χ4n) is 1.99. The molecule has 1 heterocycles. The zero-order chi connectivity index (χ0) is 11.4. The Labute approximate surface area is 97.9 Å². The Hall–Kier alpha value is -1.09. The zero-order valence-corrected chi connectivity index (χ0v) is 10.2. The first-order valence-corrected chi connectivity index (χ1v) is 6.27. The number of hydrogen-bond acceptors (Lipinski definition) is 3. The quantitative estimate of drug-likeness (QED) is 0.795. The molecule has 0 bridgehead atoms. The van der Waals surface area contributed by atoms with Gasteiger partial charge in [-0.2, -0.15) is 0 Å². The Bertz CT molecular complexity index is 334. The second kappa shape index (κ2) is 5.30. The van der Waals surface area contributed by atoms with E-state index in [1.165, 1.54) is 18.4 Å². The molecule has 1 aromatic rings. The molecule has 1 fully saturated rings. The molecule has 0 aromatic carbocycles. The van der Waals surface area contributed by atoms with Gasteiger partial charge in [-0.1, -0.05) is 6.92 Å². The zero-order valence-electron chi connectivity index (χ0n) is 10.2. The van der Waals surface area contributed by atoms with Gasteiger partial charge in [0.15, 0.2) is 0 Å². The van der Waals surface area contributed by atoms with Crippen molar-refractivity contribution in [1.29, 1.82) is 0 Å². The van der Waals surface area contributed by atoms with Crippen LogP contribution in [0.15, 0.2) is 18.3 Å². The first-order valence-electron chi connectivity index (χ1n) is 6.27. The molecule has 1 N–H and O–H groups in total. The highest BCUT2D eigenvalue weighted by molar-refractivity contribution is 5.43. The van der Waals surface area contributed by atoms with E-state index in [1.54, 1.807) is 0 Å². The van der Waals surface area contributed by atoms with Crippen LogP contribution in [0.4, 0.5) is 5.82 Å². The Balaban J connectivity index is 2.07. The first-order chi connectivity index (χ1) is 7.85. The van der Waals surface area contributed by atoms with Crippen molar-refractivity contribution in [2.75, 3.05) is 18.0 Å². The lowest BCUT2D eigenvalue weighted by Crippen LogP contribution is -2.26. The Morgan fingerprint density at radius 2 is 2.25 bits per heavy atom. The van der Waals surface area contributed by atoms with E-state index in [2.05, 4.69) is 41.2 Å². The van der Waals surface area contributed by atoms with Crippen molar-refractivity contribution in [3.05, 3.63) is 23.9 Å². The van der Waals surface area contributed by atoms with E-state index in [9.17, 15) is 0 Å². The van der Waals surface area contributed by atoms with E-state index in [1.807, 2.05) is 6.20 Å². The Morgan fingerprint density at radius 1 is 1.44 bits per heavy atom. The van der Waals surface area contributed by atoms with Gasteiger partial charge in [0.05, 0.1) is 0 Å². The standard InChI is InChI=1S/C13H21N3/c1-3-14-10-11-7-8-15-13(9-11)16(4-2)12-5-6-12/h7-9,12,14H,3-6,10H2,1-2H3. The lowest BCUT2D eigenvalue weighted by atomic mass is 10.2. The van der Waals surface area contributed by atoms with Crippen LogP contribution in [0.5, 0.6) is 0 Å². The second-order valence-electron chi connectivity index (χ2n) is 4.32. The molecule has 0 saturated heterocycles. The Kier molecular flexibility index (Phi) is 3.78. The summed E-state index contributed by atoms with van der Waals surface area (Å²) in [6, 6.07) is 5.05. The van der Waals surface area contributed by atoms with Gasteiger partial charge in [0.25, 0.3) is 0 Å². The highest BCUT2D eigenvalue weighted by Crippen LogP contribution is 2.30. The smallest absolute Gasteiger partial charge is 0.129 e. The molecule has 2 rings (SSSR count). The van der Waals surface area contributed by atoms with Crippen LogP contribution in [0.25, 0.3) is 0 Å². The van der Waals surface area contributed by atoms with Gasteiger partial charge in [0.1, 0.15) is 5.82 Å². The van der Waals surface area contributed by atoms with Gasteiger partial charge in [-0.05, 0) is 44.0 Å². The molecule has 0 spiro atoms. The maximum Gasteiger partial charge on any atom is 0.129 e. The number of pyridine rings is 1. The van der Waals surface area contributed by atoms with Crippen LogP contribution in [0.2, 0.25) is 0 Å². The van der Waals surface area contributed by atoms with Gasteiger partial charge < -0.3 is 10.2 Å².